The Labute approximate surface area is 142 Å². The zero-order valence-electron chi connectivity index (χ0n) is 14.7. The summed E-state index contributed by atoms with van der Waals surface area (Å²) in [6.07, 6.45) is 2.29. The number of rotatable bonds is 3. The van der Waals surface area contributed by atoms with Gasteiger partial charge < -0.3 is 19.4 Å². The highest BCUT2D eigenvalue weighted by atomic mass is 16.5. The molecule has 8 nitrogen and oxygen atoms in total. The third-order valence-corrected chi connectivity index (χ3v) is 4.90. The van der Waals surface area contributed by atoms with E-state index in [1.807, 2.05) is 11.8 Å². The first-order chi connectivity index (χ1) is 11.6. The topological polar surface area (TPSA) is 74.7 Å². The molecule has 3 heterocycles. The van der Waals surface area contributed by atoms with Gasteiger partial charge in [0.2, 0.25) is 17.8 Å². The first-order valence-electron chi connectivity index (χ1n) is 8.70. The smallest absolute Gasteiger partial charge is 0.230 e. The van der Waals surface area contributed by atoms with E-state index >= 15 is 0 Å². The first kappa shape index (κ1) is 16.9. The van der Waals surface area contributed by atoms with Crippen molar-refractivity contribution < 1.29 is 9.53 Å². The van der Waals surface area contributed by atoms with Crippen LogP contribution >= 0.6 is 0 Å². The molecule has 2 aliphatic rings. The lowest BCUT2D eigenvalue weighted by atomic mass is 10.1. The predicted octanol–water partition coefficient (Wildman–Crippen LogP) is 0.544. The van der Waals surface area contributed by atoms with Crippen molar-refractivity contribution in [2.75, 3.05) is 49.1 Å². The summed E-state index contributed by atoms with van der Waals surface area (Å²) in [7, 11) is 0. The number of piperazine rings is 1. The molecule has 2 fully saturated rings. The normalized spacial score (nSPS) is 25.0. The molecule has 0 aliphatic carbocycles. The molecule has 0 N–H and O–H groups in total. The molecular weight excluding hydrogens is 308 g/mol. The molecule has 8 heteroatoms. The number of anilines is 2. The molecular formula is C16H26N6O2. The van der Waals surface area contributed by atoms with Gasteiger partial charge in [0, 0.05) is 39.1 Å². The van der Waals surface area contributed by atoms with E-state index in [4.69, 9.17) is 4.74 Å². The molecule has 2 atom stereocenters. The molecule has 24 heavy (non-hydrogen) atoms. The molecule has 2 aliphatic heterocycles. The van der Waals surface area contributed by atoms with E-state index in [-0.39, 0.29) is 18.1 Å². The van der Waals surface area contributed by atoms with Crippen LogP contribution in [-0.4, -0.2) is 77.2 Å². The molecule has 0 spiro atoms. The van der Waals surface area contributed by atoms with Crippen molar-refractivity contribution in [3.05, 3.63) is 6.33 Å². The second-order valence-corrected chi connectivity index (χ2v) is 6.32. The highest BCUT2D eigenvalue weighted by Crippen LogP contribution is 2.21. The van der Waals surface area contributed by atoms with E-state index in [0.29, 0.717) is 24.9 Å². The monoisotopic (exact) mass is 334 g/mol. The van der Waals surface area contributed by atoms with E-state index in [1.54, 1.807) is 6.33 Å². The molecule has 0 aromatic carbocycles. The lowest BCUT2D eigenvalue weighted by molar-refractivity contribution is -0.131. The van der Waals surface area contributed by atoms with Gasteiger partial charge in [-0.3, -0.25) is 4.79 Å². The third kappa shape index (κ3) is 3.43. The van der Waals surface area contributed by atoms with Crippen LogP contribution in [0.4, 0.5) is 11.9 Å². The Bertz CT molecular complexity index is 575. The van der Waals surface area contributed by atoms with Gasteiger partial charge in [-0.05, 0) is 13.8 Å². The number of nitrogens with zero attached hydrogens (tertiary/aromatic N) is 6. The maximum Gasteiger partial charge on any atom is 0.230 e. The summed E-state index contributed by atoms with van der Waals surface area (Å²) >= 11 is 0. The summed E-state index contributed by atoms with van der Waals surface area (Å²) in [5, 5.41) is 0. The van der Waals surface area contributed by atoms with Crippen LogP contribution in [0.3, 0.4) is 0 Å². The van der Waals surface area contributed by atoms with Crippen LogP contribution in [0.25, 0.3) is 0 Å². The van der Waals surface area contributed by atoms with E-state index < -0.39 is 0 Å². The molecule has 0 radical (unpaired) electrons. The minimum absolute atomic E-state index is 0.155. The molecule has 0 unspecified atom stereocenters. The summed E-state index contributed by atoms with van der Waals surface area (Å²) in [6.45, 7) is 10.5. The van der Waals surface area contributed by atoms with Gasteiger partial charge in [0.15, 0.2) is 0 Å². The fraction of sp³-hybridized carbons (Fsp3) is 0.750. The summed E-state index contributed by atoms with van der Waals surface area (Å²) < 4.78 is 5.67. The van der Waals surface area contributed by atoms with Crippen LogP contribution in [0.5, 0.6) is 0 Å². The molecule has 132 valence electrons. The fourth-order valence-corrected chi connectivity index (χ4v) is 3.16. The van der Waals surface area contributed by atoms with Crippen molar-refractivity contribution >= 4 is 17.8 Å². The number of carbonyl (C=O) groups excluding carboxylic acids is 1. The van der Waals surface area contributed by atoms with Crippen LogP contribution in [0.1, 0.15) is 27.2 Å². The van der Waals surface area contributed by atoms with Gasteiger partial charge in [-0.2, -0.15) is 4.98 Å². The van der Waals surface area contributed by atoms with Crippen LogP contribution in [0.2, 0.25) is 0 Å². The number of hydrogen-bond donors (Lipinski definition) is 0. The quantitative estimate of drug-likeness (QED) is 0.799. The second kappa shape index (κ2) is 7.29. The zero-order chi connectivity index (χ0) is 17.1. The van der Waals surface area contributed by atoms with Crippen LogP contribution < -0.4 is 9.80 Å². The van der Waals surface area contributed by atoms with Crippen molar-refractivity contribution in [2.45, 2.75) is 39.3 Å². The van der Waals surface area contributed by atoms with Gasteiger partial charge >= 0.3 is 0 Å². The Balaban J connectivity index is 1.69. The Morgan fingerprint density at radius 3 is 2.58 bits per heavy atom. The summed E-state index contributed by atoms with van der Waals surface area (Å²) in [6, 6.07) is 0.230. The van der Waals surface area contributed by atoms with E-state index in [9.17, 15) is 4.79 Å². The van der Waals surface area contributed by atoms with Crippen LogP contribution in [-0.2, 0) is 9.53 Å². The fourth-order valence-electron chi connectivity index (χ4n) is 3.16. The number of amides is 1. The lowest BCUT2D eigenvalue weighted by Crippen LogP contribution is -2.50. The van der Waals surface area contributed by atoms with E-state index in [2.05, 4.69) is 38.6 Å². The van der Waals surface area contributed by atoms with Crippen molar-refractivity contribution in [1.29, 1.82) is 0 Å². The largest absolute Gasteiger partial charge is 0.375 e. The minimum atomic E-state index is 0.155. The molecule has 0 bridgehead atoms. The van der Waals surface area contributed by atoms with Crippen molar-refractivity contribution in [3.63, 3.8) is 0 Å². The third-order valence-electron chi connectivity index (χ3n) is 4.90. The van der Waals surface area contributed by atoms with Crippen molar-refractivity contribution in [3.8, 4) is 0 Å². The molecule has 1 amide bonds. The second-order valence-electron chi connectivity index (χ2n) is 6.32. The van der Waals surface area contributed by atoms with Crippen LogP contribution in [0, 0.1) is 0 Å². The SMILES string of the molecule is CCC(=O)N1CCN(c2ncnc(N3CCO[C@@H](C)[C@@H]3C)n2)CC1. The van der Waals surface area contributed by atoms with Crippen LogP contribution in [0.15, 0.2) is 6.33 Å². The standard InChI is InChI=1S/C16H26N6O2/c1-4-14(23)20-5-7-21(8-6-20)15-17-11-18-16(19-15)22-9-10-24-13(3)12(22)2/h11-13H,4-10H2,1-3H3/t12-,13-/m0/s1. The summed E-state index contributed by atoms with van der Waals surface area (Å²) in [4.78, 5) is 31.3. The van der Waals surface area contributed by atoms with E-state index in [0.717, 1.165) is 32.7 Å². The van der Waals surface area contributed by atoms with Gasteiger partial charge in [0.05, 0.1) is 18.8 Å². The van der Waals surface area contributed by atoms with Gasteiger partial charge in [0.1, 0.15) is 6.33 Å². The Morgan fingerprint density at radius 1 is 1.17 bits per heavy atom. The molecule has 1 aromatic heterocycles. The van der Waals surface area contributed by atoms with Gasteiger partial charge in [-0.15, -0.1) is 0 Å². The maximum atomic E-state index is 11.8. The molecule has 2 saturated heterocycles. The highest BCUT2D eigenvalue weighted by Gasteiger charge is 2.28. The summed E-state index contributed by atoms with van der Waals surface area (Å²) in [5.74, 6) is 1.60. The summed E-state index contributed by atoms with van der Waals surface area (Å²) in [5.41, 5.74) is 0. The van der Waals surface area contributed by atoms with Gasteiger partial charge in [-0.25, -0.2) is 9.97 Å². The Hall–Kier alpha value is -1.96. The Kier molecular flexibility index (Phi) is 5.13. The van der Waals surface area contributed by atoms with Gasteiger partial charge in [-0.1, -0.05) is 6.92 Å². The highest BCUT2D eigenvalue weighted by molar-refractivity contribution is 5.76. The Morgan fingerprint density at radius 2 is 1.88 bits per heavy atom. The van der Waals surface area contributed by atoms with Gasteiger partial charge in [0.25, 0.3) is 0 Å². The molecule has 0 saturated carbocycles. The van der Waals surface area contributed by atoms with E-state index in [1.165, 1.54) is 0 Å². The minimum Gasteiger partial charge on any atom is -0.375 e. The van der Waals surface area contributed by atoms with Crippen molar-refractivity contribution in [1.82, 2.24) is 19.9 Å². The predicted molar refractivity (Wildman–Crippen MR) is 91.1 cm³/mol. The average molecular weight is 334 g/mol. The number of hydrogen-bond acceptors (Lipinski definition) is 7. The number of ether oxygens (including phenoxy) is 1. The van der Waals surface area contributed by atoms with Crippen molar-refractivity contribution in [2.24, 2.45) is 0 Å². The average Bonchev–Trinajstić information content (AvgIpc) is 2.63. The number of morpholine rings is 1. The maximum absolute atomic E-state index is 11.8. The lowest BCUT2D eigenvalue weighted by Gasteiger charge is -2.38. The molecule has 3 rings (SSSR count). The molecule has 1 aromatic rings. The number of aromatic nitrogens is 3. The first-order valence-corrected chi connectivity index (χ1v) is 8.70. The zero-order valence-corrected chi connectivity index (χ0v) is 14.7. The number of carbonyl (C=O) groups is 1.